The highest BCUT2D eigenvalue weighted by atomic mass is 16.6. The van der Waals surface area contributed by atoms with Crippen molar-refractivity contribution in [3.63, 3.8) is 0 Å². The number of hydrogen-bond acceptors (Lipinski definition) is 4. The predicted molar refractivity (Wildman–Crippen MR) is 89.7 cm³/mol. The summed E-state index contributed by atoms with van der Waals surface area (Å²) < 4.78 is 5.41. The van der Waals surface area contributed by atoms with E-state index < -0.39 is 12.2 Å². The molecule has 0 unspecified atom stereocenters. The summed E-state index contributed by atoms with van der Waals surface area (Å²) in [6, 6.07) is 0. The van der Waals surface area contributed by atoms with Crippen LogP contribution >= 0.6 is 0 Å². The van der Waals surface area contributed by atoms with Gasteiger partial charge in [-0.2, -0.15) is 0 Å². The summed E-state index contributed by atoms with van der Waals surface area (Å²) in [5.41, 5.74) is 3.52. The number of esters is 1. The van der Waals surface area contributed by atoms with Gasteiger partial charge in [-0.15, -0.1) is 0 Å². The third kappa shape index (κ3) is 2.25. The van der Waals surface area contributed by atoms with E-state index in [-0.39, 0.29) is 29.6 Å². The van der Waals surface area contributed by atoms with Gasteiger partial charge in [-0.25, -0.2) is 0 Å². The van der Waals surface area contributed by atoms with Gasteiger partial charge in [0.25, 0.3) is 5.91 Å². The monoisotopic (exact) mass is 331 g/mol. The third-order valence-corrected chi connectivity index (χ3v) is 6.00. The zero-order valence-corrected chi connectivity index (χ0v) is 14.9. The first kappa shape index (κ1) is 17.0. The van der Waals surface area contributed by atoms with Gasteiger partial charge in [0, 0.05) is 30.2 Å². The summed E-state index contributed by atoms with van der Waals surface area (Å²) in [6.07, 6.45) is 3.47. The molecule has 5 heteroatoms. The van der Waals surface area contributed by atoms with E-state index in [2.05, 4.69) is 6.92 Å². The summed E-state index contributed by atoms with van der Waals surface area (Å²) in [7, 11) is 1.78. The summed E-state index contributed by atoms with van der Waals surface area (Å²) in [5.74, 6) is -0.382. The number of aliphatic hydroxyl groups excluding tert-OH is 1. The Morgan fingerprint density at radius 3 is 2.79 bits per heavy atom. The molecule has 130 valence electrons. The molecule has 0 spiro atoms. The highest BCUT2D eigenvalue weighted by Gasteiger charge is 2.50. The fourth-order valence-electron chi connectivity index (χ4n) is 4.01. The maximum atomic E-state index is 12.3. The minimum Gasteiger partial charge on any atom is -0.455 e. The van der Waals surface area contributed by atoms with Crippen LogP contribution in [0.4, 0.5) is 0 Å². The summed E-state index contributed by atoms with van der Waals surface area (Å²) in [4.78, 5) is 25.6. The van der Waals surface area contributed by atoms with Crippen LogP contribution in [0.1, 0.15) is 40.5 Å². The van der Waals surface area contributed by atoms with Gasteiger partial charge in [-0.3, -0.25) is 9.59 Å². The van der Waals surface area contributed by atoms with Crippen molar-refractivity contribution in [1.82, 2.24) is 4.90 Å². The van der Waals surface area contributed by atoms with Crippen LogP contribution in [0.15, 0.2) is 34.6 Å². The van der Waals surface area contributed by atoms with E-state index in [0.717, 1.165) is 22.4 Å². The predicted octanol–water partition coefficient (Wildman–Crippen LogP) is 2.33. The van der Waals surface area contributed by atoms with Crippen molar-refractivity contribution in [3.8, 4) is 0 Å². The van der Waals surface area contributed by atoms with E-state index in [4.69, 9.17) is 4.74 Å². The Kier molecular flexibility index (Phi) is 3.95. The number of carbonyl (C=O) groups is 2. The topological polar surface area (TPSA) is 66.8 Å². The average molecular weight is 331 g/mol. The van der Waals surface area contributed by atoms with E-state index in [9.17, 15) is 14.7 Å². The van der Waals surface area contributed by atoms with Crippen LogP contribution in [0.5, 0.6) is 0 Å². The number of amides is 1. The fourth-order valence-corrected chi connectivity index (χ4v) is 4.01. The number of hydrogen-bond donors (Lipinski definition) is 1. The van der Waals surface area contributed by atoms with Crippen LogP contribution < -0.4 is 0 Å². The summed E-state index contributed by atoms with van der Waals surface area (Å²) >= 11 is 0. The lowest BCUT2D eigenvalue weighted by atomic mass is 9.60. The second-order valence-electron chi connectivity index (χ2n) is 7.30. The standard InChI is InChI=1S/C19H25NO4/c1-6-16(21)24-15-8-12-7-14-13(10(2)18(23)20(14)5)9-19(12,4)11(3)17(15)22/h7-8,11,15,17,22H,6,9H2,1-5H3/t11-,15+,17+,19+/m0/s1. The smallest absolute Gasteiger partial charge is 0.306 e. The van der Waals surface area contributed by atoms with E-state index in [1.165, 1.54) is 0 Å². The van der Waals surface area contributed by atoms with Crippen LogP contribution in [0.3, 0.4) is 0 Å². The number of carbonyl (C=O) groups excluding carboxylic acids is 2. The first-order valence-electron chi connectivity index (χ1n) is 8.50. The first-order chi connectivity index (χ1) is 11.2. The largest absolute Gasteiger partial charge is 0.455 e. The molecule has 1 heterocycles. The number of fused-ring (bicyclic) bond motifs is 2. The molecule has 0 aromatic heterocycles. The molecule has 0 aromatic rings. The fraction of sp³-hybridized carbons (Fsp3) is 0.579. The SMILES string of the molecule is CCC(=O)O[C@@H]1C=C2C=C3C(=C(C)C(=O)N3C)C[C@]2(C)[C@@H](C)[C@H]1O. The number of nitrogens with zero attached hydrogens (tertiary/aromatic N) is 1. The molecule has 1 N–H and O–H groups in total. The van der Waals surface area contributed by atoms with Crippen molar-refractivity contribution < 1.29 is 19.4 Å². The molecular weight excluding hydrogens is 306 g/mol. The molecule has 0 saturated heterocycles. The highest BCUT2D eigenvalue weighted by Crippen LogP contribution is 2.53. The number of ether oxygens (including phenoxy) is 1. The Hall–Kier alpha value is -1.88. The van der Waals surface area contributed by atoms with Gasteiger partial charge >= 0.3 is 5.97 Å². The molecule has 1 aliphatic heterocycles. The Labute approximate surface area is 142 Å². The normalized spacial score (nSPS) is 35.3. The molecular formula is C19H25NO4. The lowest BCUT2D eigenvalue weighted by Crippen LogP contribution is -2.48. The van der Waals surface area contributed by atoms with Crippen LogP contribution in [-0.2, 0) is 14.3 Å². The Bertz CT molecular complexity index is 702. The van der Waals surface area contributed by atoms with E-state index in [1.54, 1.807) is 18.9 Å². The first-order valence-corrected chi connectivity index (χ1v) is 8.50. The zero-order chi connectivity index (χ0) is 17.8. The van der Waals surface area contributed by atoms with Crippen molar-refractivity contribution in [3.05, 3.63) is 34.6 Å². The molecule has 2 aliphatic carbocycles. The van der Waals surface area contributed by atoms with Crippen molar-refractivity contribution in [2.45, 2.75) is 52.7 Å². The maximum absolute atomic E-state index is 12.3. The minimum absolute atomic E-state index is 0.0289. The molecule has 0 radical (unpaired) electrons. The summed E-state index contributed by atoms with van der Waals surface area (Å²) in [6.45, 7) is 7.70. The van der Waals surface area contributed by atoms with Gasteiger partial charge in [0.15, 0.2) is 0 Å². The zero-order valence-electron chi connectivity index (χ0n) is 14.9. The molecule has 0 saturated carbocycles. The molecule has 1 amide bonds. The number of rotatable bonds is 2. The number of allylic oxidation sites excluding steroid dienone is 3. The second kappa shape index (κ2) is 5.59. The molecule has 0 bridgehead atoms. The van der Waals surface area contributed by atoms with Gasteiger partial charge in [0.05, 0.1) is 6.10 Å². The van der Waals surface area contributed by atoms with Gasteiger partial charge in [0.2, 0.25) is 0 Å². The van der Waals surface area contributed by atoms with Crippen LogP contribution in [-0.4, -0.2) is 41.1 Å². The molecule has 5 nitrogen and oxygen atoms in total. The van der Waals surface area contributed by atoms with E-state index >= 15 is 0 Å². The molecule has 4 atom stereocenters. The lowest BCUT2D eigenvalue weighted by Gasteiger charge is -2.47. The second-order valence-corrected chi connectivity index (χ2v) is 7.30. The summed E-state index contributed by atoms with van der Waals surface area (Å²) in [5, 5.41) is 10.7. The Balaban J connectivity index is 2.07. The average Bonchev–Trinajstić information content (AvgIpc) is 2.76. The van der Waals surface area contributed by atoms with Crippen molar-refractivity contribution in [1.29, 1.82) is 0 Å². The Morgan fingerprint density at radius 2 is 2.17 bits per heavy atom. The molecule has 24 heavy (non-hydrogen) atoms. The lowest BCUT2D eigenvalue weighted by molar-refractivity contribution is -0.155. The quantitative estimate of drug-likeness (QED) is 0.789. The molecule has 3 rings (SSSR count). The van der Waals surface area contributed by atoms with Crippen LogP contribution in [0.2, 0.25) is 0 Å². The van der Waals surface area contributed by atoms with Gasteiger partial charge < -0.3 is 14.7 Å². The van der Waals surface area contributed by atoms with Crippen LogP contribution in [0.25, 0.3) is 0 Å². The molecule has 0 aromatic carbocycles. The van der Waals surface area contributed by atoms with Gasteiger partial charge in [-0.05, 0) is 42.6 Å². The number of aliphatic hydroxyl groups is 1. The van der Waals surface area contributed by atoms with Crippen molar-refractivity contribution >= 4 is 11.9 Å². The molecule has 0 fully saturated rings. The van der Waals surface area contributed by atoms with Crippen LogP contribution in [0, 0.1) is 11.3 Å². The van der Waals surface area contributed by atoms with Gasteiger partial charge in [-0.1, -0.05) is 20.8 Å². The van der Waals surface area contributed by atoms with E-state index in [0.29, 0.717) is 6.42 Å². The maximum Gasteiger partial charge on any atom is 0.306 e. The third-order valence-electron chi connectivity index (χ3n) is 6.00. The van der Waals surface area contributed by atoms with E-state index in [1.807, 2.05) is 26.0 Å². The minimum atomic E-state index is -0.750. The molecule has 3 aliphatic rings. The van der Waals surface area contributed by atoms with Crippen molar-refractivity contribution in [2.75, 3.05) is 7.05 Å². The van der Waals surface area contributed by atoms with Gasteiger partial charge in [0.1, 0.15) is 6.10 Å². The number of likely N-dealkylation sites (N-methyl/N-ethyl adjacent to an activating group) is 1. The highest BCUT2D eigenvalue weighted by molar-refractivity contribution is 6.00. The van der Waals surface area contributed by atoms with Crippen molar-refractivity contribution in [2.24, 2.45) is 11.3 Å². The Morgan fingerprint density at radius 1 is 1.50 bits per heavy atom.